The number of carbonyl (C=O) groups is 4. The van der Waals surface area contributed by atoms with Gasteiger partial charge in [-0.1, -0.05) is 22.6 Å². The van der Waals surface area contributed by atoms with Gasteiger partial charge >= 0.3 is 0 Å². The lowest BCUT2D eigenvalue weighted by atomic mass is 10.0. The largest absolute Gasteiger partial charge is 0.374 e. The van der Waals surface area contributed by atoms with E-state index in [-0.39, 0.29) is 33.9 Å². The predicted octanol–water partition coefficient (Wildman–Crippen LogP) is 1.28. The van der Waals surface area contributed by atoms with E-state index in [1.807, 2.05) is 6.92 Å². The van der Waals surface area contributed by atoms with Crippen LogP contribution in [-0.4, -0.2) is 38.6 Å². The number of piperidine rings is 1. The molecule has 7 nitrogen and oxygen atoms in total. The zero-order valence-electron chi connectivity index (χ0n) is 12.3. The van der Waals surface area contributed by atoms with Crippen molar-refractivity contribution in [1.82, 2.24) is 10.2 Å². The van der Waals surface area contributed by atoms with Crippen LogP contribution in [0.15, 0.2) is 18.2 Å². The average Bonchev–Trinajstić information content (AvgIpc) is 2.71. The van der Waals surface area contributed by atoms with Gasteiger partial charge in [-0.05, 0) is 31.5 Å². The molecular formula is C15H14IN3O4. The zero-order chi connectivity index (χ0) is 16.7. The van der Waals surface area contributed by atoms with Crippen LogP contribution in [0.2, 0.25) is 0 Å². The molecule has 0 saturated carbocycles. The number of carbonyl (C=O) groups excluding carboxylic acids is 4. The molecule has 1 aromatic carbocycles. The fourth-order valence-corrected chi connectivity index (χ4v) is 3.15. The molecule has 2 atom stereocenters. The van der Waals surface area contributed by atoms with E-state index in [1.54, 1.807) is 18.2 Å². The first-order chi connectivity index (χ1) is 10.9. The Labute approximate surface area is 145 Å². The van der Waals surface area contributed by atoms with Gasteiger partial charge in [0.05, 0.1) is 15.2 Å². The first-order valence-corrected chi connectivity index (χ1v) is 8.39. The molecule has 8 heteroatoms. The summed E-state index contributed by atoms with van der Waals surface area (Å²) >= 11 is 2.19. The molecule has 2 unspecified atom stereocenters. The van der Waals surface area contributed by atoms with Crippen LogP contribution in [0.25, 0.3) is 0 Å². The molecule has 1 aromatic rings. The van der Waals surface area contributed by atoms with Crippen molar-refractivity contribution in [1.29, 1.82) is 0 Å². The van der Waals surface area contributed by atoms with Crippen LogP contribution in [0.3, 0.4) is 0 Å². The summed E-state index contributed by atoms with van der Waals surface area (Å²) in [5.74, 6) is -1.97. The molecule has 1 saturated heterocycles. The Kier molecular flexibility index (Phi) is 4.09. The third-order valence-electron chi connectivity index (χ3n) is 3.81. The molecule has 4 amide bonds. The second kappa shape index (κ2) is 5.91. The molecule has 23 heavy (non-hydrogen) atoms. The van der Waals surface area contributed by atoms with E-state index in [4.69, 9.17) is 0 Å². The number of nitrogens with one attached hydrogen (secondary N) is 2. The summed E-state index contributed by atoms with van der Waals surface area (Å²) in [6, 6.07) is 4.01. The van der Waals surface area contributed by atoms with Crippen molar-refractivity contribution in [2.24, 2.45) is 0 Å². The molecule has 0 aliphatic carbocycles. The van der Waals surface area contributed by atoms with E-state index < -0.39 is 23.8 Å². The fourth-order valence-electron chi connectivity index (χ4n) is 2.79. The fraction of sp³-hybridized carbons (Fsp3) is 0.333. The monoisotopic (exact) mass is 427 g/mol. The van der Waals surface area contributed by atoms with Crippen LogP contribution < -0.4 is 10.6 Å². The van der Waals surface area contributed by atoms with Crippen molar-refractivity contribution < 1.29 is 19.2 Å². The number of hydrogen-bond donors (Lipinski definition) is 2. The number of benzene rings is 1. The Bertz CT molecular complexity index is 731. The number of halogens is 1. The van der Waals surface area contributed by atoms with Gasteiger partial charge in [0, 0.05) is 12.1 Å². The highest BCUT2D eigenvalue weighted by Gasteiger charge is 2.44. The molecule has 2 N–H and O–H groups in total. The predicted molar refractivity (Wildman–Crippen MR) is 90.2 cm³/mol. The molecule has 0 radical (unpaired) electrons. The third-order valence-corrected chi connectivity index (χ3v) is 4.12. The maximum Gasteiger partial charge on any atom is 0.262 e. The van der Waals surface area contributed by atoms with Crippen LogP contribution in [0.1, 0.15) is 40.5 Å². The maximum atomic E-state index is 12.6. The number of imide groups is 2. The number of amides is 4. The lowest BCUT2D eigenvalue weighted by Crippen LogP contribution is -2.54. The van der Waals surface area contributed by atoms with Crippen molar-refractivity contribution in [3.8, 4) is 0 Å². The Hall–Kier alpha value is -1.97. The number of fused-ring (bicyclic) bond motifs is 1. The highest BCUT2D eigenvalue weighted by molar-refractivity contribution is 14.1. The second-order valence-electron chi connectivity index (χ2n) is 5.47. The quantitative estimate of drug-likeness (QED) is 0.328. The number of alkyl halides is 1. The first-order valence-electron chi connectivity index (χ1n) is 7.14. The highest BCUT2D eigenvalue weighted by Crippen LogP contribution is 2.29. The summed E-state index contributed by atoms with van der Waals surface area (Å²) in [5, 5.41) is 5.33. The normalized spacial score (nSPS) is 22.0. The number of anilines is 1. The van der Waals surface area contributed by atoms with Crippen LogP contribution in [0.5, 0.6) is 0 Å². The summed E-state index contributed by atoms with van der Waals surface area (Å²) < 4.78 is 0.157. The van der Waals surface area contributed by atoms with Crippen LogP contribution >= 0.6 is 22.6 Å². The van der Waals surface area contributed by atoms with Gasteiger partial charge < -0.3 is 5.32 Å². The molecule has 2 aliphatic rings. The van der Waals surface area contributed by atoms with Crippen LogP contribution in [-0.2, 0) is 9.59 Å². The minimum Gasteiger partial charge on any atom is -0.374 e. The summed E-state index contributed by atoms with van der Waals surface area (Å²) in [5.41, 5.74) is 1.30. The summed E-state index contributed by atoms with van der Waals surface area (Å²) in [7, 11) is 0. The van der Waals surface area contributed by atoms with Gasteiger partial charge in [-0.2, -0.15) is 0 Å². The number of rotatable bonds is 3. The van der Waals surface area contributed by atoms with E-state index in [2.05, 4.69) is 33.2 Å². The summed E-state index contributed by atoms with van der Waals surface area (Å²) in [6.07, 6.45) is 0.273. The number of hydrogen-bond acceptors (Lipinski definition) is 5. The molecular weight excluding hydrogens is 413 g/mol. The maximum absolute atomic E-state index is 12.6. The SMILES string of the molecule is CC(I)Nc1ccc2c(c1)C(=O)N(C1CCC(=O)NC1=O)C2=O. The third kappa shape index (κ3) is 2.82. The van der Waals surface area contributed by atoms with E-state index in [0.717, 1.165) is 10.6 Å². The van der Waals surface area contributed by atoms with Crippen LogP contribution in [0.4, 0.5) is 5.69 Å². The molecule has 2 aliphatic heterocycles. The smallest absolute Gasteiger partial charge is 0.262 e. The minimum atomic E-state index is -0.931. The van der Waals surface area contributed by atoms with E-state index >= 15 is 0 Å². The molecule has 1 fully saturated rings. The van der Waals surface area contributed by atoms with Crippen molar-refractivity contribution in [3.05, 3.63) is 29.3 Å². The summed E-state index contributed by atoms with van der Waals surface area (Å²) in [4.78, 5) is 49.2. The van der Waals surface area contributed by atoms with Gasteiger partial charge in [0.15, 0.2) is 0 Å². The van der Waals surface area contributed by atoms with Crippen molar-refractivity contribution in [3.63, 3.8) is 0 Å². The van der Waals surface area contributed by atoms with Crippen molar-refractivity contribution in [2.75, 3.05) is 5.32 Å². The summed E-state index contributed by atoms with van der Waals surface area (Å²) in [6.45, 7) is 1.95. The van der Waals surface area contributed by atoms with E-state index in [0.29, 0.717) is 0 Å². The van der Waals surface area contributed by atoms with Gasteiger partial charge in [0.2, 0.25) is 11.8 Å². The van der Waals surface area contributed by atoms with Crippen molar-refractivity contribution in [2.45, 2.75) is 29.9 Å². The molecule has 0 bridgehead atoms. The Balaban J connectivity index is 1.91. The average molecular weight is 427 g/mol. The minimum absolute atomic E-state index is 0.114. The van der Waals surface area contributed by atoms with Gasteiger partial charge in [0.25, 0.3) is 11.8 Å². The highest BCUT2D eigenvalue weighted by atomic mass is 127. The van der Waals surface area contributed by atoms with Crippen LogP contribution in [0, 0.1) is 0 Å². The molecule has 0 aromatic heterocycles. The van der Waals surface area contributed by atoms with Gasteiger partial charge in [-0.25, -0.2) is 0 Å². The molecule has 2 heterocycles. The lowest BCUT2D eigenvalue weighted by molar-refractivity contribution is -0.136. The Morgan fingerprint density at radius 1 is 1.22 bits per heavy atom. The molecule has 0 spiro atoms. The first kappa shape index (κ1) is 15.9. The second-order valence-corrected chi connectivity index (χ2v) is 7.34. The van der Waals surface area contributed by atoms with Gasteiger partial charge in [-0.3, -0.25) is 29.4 Å². The van der Waals surface area contributed by atoms with E-state index in [9.17, 15) is 19.2 Å². The standard InChI is InChI=1S/C15H14IN3O4/c1-7(16)17-8-2-3-9-10(6-8)15(23)19(14(9)22)11-4-5-12(20)18-13(11)21/h2-3,6-7,11,17H,4-5H2,1H3,(H,18,20,21). The molecule has 120 valence electrons. The van der Waals surface area contributed by atoms with Gasteiger partial charge in [0.1, 0.15) is 6.04 Å². The zero-order valence-corrected chi connectivity index (χ0v) is 14.4. The Morgan fingerprint density at radius 3 is 2.57 bits per heavy atom. The Morgan fingerprint density at radius 2 is 1.91 bits per heavy atom. The lowest BCUT2D eigenvalue weighted by Gasteiger charge is -2.27. The molecule has 3 rings (SSSR count). The van der Waals surface area contributed by atoms with Crippen molar-refractivity contribution >= 4 is 51.9 Å². The van der Waals surface area contributed by atoms with Gasteiger partial charge in [-0.15, -0.1) is 0 Å². The number of nitrogens with zero attached hydrogens (tertiary/aromatic N) is 1. The topological polar surface area (TPSA) is 95.6 Å². The van der Waals surface area contributed by atoms with E-state index in [1.165, 1.54) is 0 Å².